The quantitative estimate of drug-likeness (QED) is 0.838. The van der Waals surface area contributed by atoms with Crippen LogP contribution in [0.4, 0.5) is 13.2 Å². The van der Waals surface area contributed by atoms with Crippen LogP contribution in [0, 0.1) is 6.92 Å². The summed E-state index contributed by atoms with van der Waals surface area (Å²) in [5, 5.41) is 7.12. The number of H-pyrrole nitrogens is 1. The van der Waals surface area contributed by atoms with E-state index in [1.54, 1.807) is 18.1 Å². The van der Waals surface area contributed by atoms with Crippen molar-refractivity contribution in [2.45, 2.75) is 19.6 Å². The Balaban J connectivity index is 0.000000321. The number of nitrogens with one attached hydrogen (secondary N) is 1. The SMILES string of the molecule is Cc1cnc(C(=O)N(C)Cc2ccc3c(c2)OCO3)[nH]1.O=C(O)C(F)(F)F. The maximum absolute atomic E-state index is 12.2. The van der Waals surface area contributed by atoms with Gasteiger partial charge in [0.05, 0.1) is 0 Å². The van der Waals surface area contributed by atoms with Crippen molar-refractivity contribution in [3.8, 4) is 11.5 Å². The first-order valence-corrected chi connectivity index (χ1v) is 7.53. The van der Waals surface area contributed by atoms with Crippen molar-refractivity contribution in [1.29, 1.82) is 0 Å². The summed E-state index contributed by atoms with van der Waals surface area (Å²) < 4.78 is 42.3. The van der Waals surface area contributed by atoms with Crippen LogP contribution in [0.3, 0.4) is 0 Å². The topological polar surface area (TPSA) is 105 Å². The zero-order valence-electron chi connectivity index (χ0n) is 14.3. The van der Waals surface area contributed by atoms with Crippen LogP contribution in [0.25, 0.3) is 0 Å². The molecule has 1 aliphatic rings. The minimum Gasteiger partial charge on any atom is -0.475 e. The number of carbonyl (C=O) groups excluding carboxylic acids is 1. The number of aliphatic carboxylic acids is 1. The third kappa shape index (κ3) is 5.36. The molecule has 0 saturated carbocycles. The fourth-order valence-corrected chi connectivity index (χ4v) is 2.09. The van der Waals surface area contributed by atoms with Crippen molar-refractivity contribution in [2.75, 3.05) is 13.8 Å². The zero-order valence-corrected chi connectivity index (χ0v) is 14.3. The van der Waals surface area contributed by atoms with Crippen molar-refractivity contribution < 1.29 is 37.3 Å². The number of benzene rings is 1. The highest BCUT2D eigenvalue weighted by atomic mass is 19.4. The summed E-state index contributed by atoms with van der Waals surface area (Å²) >= 11 is 0. The van der Waals surface area contributed by atoms with Crippen LogP contribution in [0.2, 0.25) is 0 Å². The summed E-state index contributed by atoms with van der Waals surface area (Å²) in [5.74, 6) is -1.09. The van der Waals surface area contributed by atoms with E-state index in [0.29, 0.717) is 12.4 Å². The molecule has 3 rings (SSSR count). The molecule has 0 atom stereocenters. The Morgan fingerprint density at radius 3 is 2.48 bits per heavy atom. The lowest BCUT2D eigenvalue weighted by Gasteiger charge is -2.16. The average molecular weight is 387 g/mol. The Labute approximate surface area is 151 Å². The van der Waals surface area contributed by atoms with Crippen molar-refractivity contribution in [2.24, 2.45) is 0 Å². The van der Waals surface area contributed by atoms with Crippen molar-refractivity contribution in [3.05, 3.63) is 41.5 Å². The van der Waals surface area contributed by atoms with E-state index in [9.17, 15) is 18.0 Å². The van der Waals surface area contributed by atoms with Crippen molar-refractivity contribution >= 4 is 11.9 Å². The predicted molar refractivity (Wildman–Crippen MR) is 85.4 cm³/mol. The first-order valence-electron chi connectivity index (χ1n) is 7.53. The van der Waals surface area contributed by atoms with Crippen LogP contribution in [0.1, 0.15) is 21.9 Å². The molecule has 1 aliphatic heterocycles. The number of carbonyl (C=O) groups is 2. The van der Waals surface area contributed by atoms with Gasteiger partial charge in [-0.2, -0.15) is 13.2 Å². The highest BCUT2D eigenvalue weighted by molar-refractivity contribution is 5.90. The predicted octanol–water partition coefficient (Wildman–Crippen LogP) is 2.35. The minimum atomic E-state index is -5.08. The first kappa shape index (κ1) is 20.1. The van der Waals surface area contributed by atoms with Gasteiger partial charge in [0.1, 0.15) is 0 Å². The third-order valence-corrected chi connectivity index (χ3v) is 3.35. The van der Waals surface area contributed by atoms with Gasteiger partial charge in [0.2, 0.25) is 6.79 Å². The molecule has 146 valence electrons. The van der Waals surface area contributed by atoms with Gasteiger partial charge >= 0.3 is 12.1 Å². The Hall–Kier alpha value is -3.24. The van der Waals surface area contributed by atoms with E-state index in [2.05, 4.69) is 9.97 Å². The molecule has 11 heteroatoms. The Morgan fingerprint density at radius 1 is 1.30 bits per heavy atom. The molecule has 0 fully saturated rings. The molecule has 0 spiro atoms. The molecule has 1 amide bonds. The lowest BCUT2D eigenvalue weighted by Crippen LogP contribution is -2.27. The first-order chi connectivity index (χ1) is 12.6. The number of hydrogen-bond donors (Lipinski definition) is 2. The standard InChI is InChI=1S/C14H15N3O3.C2HF3O2/c1-9-6-15-13(16-9)14(18)17(2)7-10-3-4-11-12(5-10)20-8-19-11;3-2(4,5)1(6)7/h3-6H,7-8H2,1-2H3,(H,15,16);(H,6,7). The number of amides is 1. The number of hydrogen-bond acceptors (Lipinski definition) is 5. The fourth-order valence-electron chi connectivity index (χ4n) is 2.09. The Morgan fingerprint density at radius 2 is 1.93 bits per heavy atom. The van der Waals surface area contributed by atoms with Gasteiger partial charge in [-0.15, -0.1) is 0 Å². The molecule has 0 saturated heterocycles. The van der Waals surface area contributed by atoms with E-state index in [1.807, 2.05) is 25.1 Å². The van der Waals surface area contributed by atoms with Gasteiger partial charge in [-0.05, 0) is 24.6 Å². The lowest BCUT2D eigenvalue weighted by atomic mass is 10.2. The fraction of sp³-hybridized carbons (Fsp3) is 0.312. The molecule has 2 N–H and O–H groups in total. The summed E-state index contributed by atoms with van der Waals surface area (Å²) in [6, 6.07) is 5.66. The molecule has 0 radical (unpaired) electrons. The second kappa shape index (κ2) is 7.98. The largest absolute Gasteiger partial charge is 0.490 e. The summed E-state index contributed by atoms with van der Waals surface area (Å²) in [7, 11) is 1.74. The average Bonchev–Trinajstić information content (AvgIpc) is 3.22. The third-order valence-electron chi connectivity index (χ3n) is 3.35. The van der Waals surface area contributed by atoms with Crippen LogP contribution in [-0.2, 0) is 11.3 Å². The second-order valence-corrected chi connectivity index (χ2v) is 5.57. The van der Waals surface area contributed by atoms with Crippen molar-refractivity contribution in [3.63, 3.8) is 0 Å². The highest BCUT2D eigenvalue weighted by Gasteiger charge is 2.38. The molecule has 1 aromatic heterocycles. The molecule has 1 aromatic carbocycles. The zero-order chi connectivity index (χ0) is 20.2. The summed E-state index contributed by atoms with van der Waals surface area (Å²) in [4.78, 5) is 29.7. The van der Waals surface area contributed by atoms with Crippen LogP contribution in [0.15, 0.2) is 24.4 Å². The van der Waals surface area contributed by atoms with E-state index in [1.165, 1.54) is 0 Å². The molecule has 0 aliphatic carbocycles. The molecular weight excluding hydrogens is 371 g/mol. The highest BCUT2D eigenvalue weighted by Crippen LogP contribution is 2.32. The lowest BCUT2D eigenvalue weighted by molar-refractivity contribution is -0.192. The number of halogens is 3. The number of carboxylic acids is 1. The number of aromatic nitrogens is 2. The van der Waals surface area contributed by atoms with E-state index >= 15 is 0 Å². The number of ether oxygens (including phenoxy) is 2. The summed E-state index contributed by atoms with van der Waals surface area (Å²) in [6.45, 7) is 2.59. The van der Waals surface area contributed by atoms with Crippen LogP contribution < -0.4 is 9.47 Å². The molecule has 0 bridgehead atoms. The van der Waals surface area contributed by atoms with Crippen LogP contribution >= 0.6 is 0 Å². The van der Waals surface area contributed by atoms with Gasteiger partial charge in [-0.3, -0.25) is 4.79 Å². The summed E-state index contributed by atoms with van der Waals surface area (Å²) in [5.41, 5.74) is 1.85. The monoisotopic (exact) mass is 387 g/mol. The van der Waals surface area contributed by atoms with E-state index in [4.69, 9.17) is 19.4 Å². The smallest absolute Gasteiger partial charge is 0.475 e. The van der Waals surface area contributed by atoms with Crippen molar-refractivity contribution in [1.82, 2.24) is 14.9 Å². The summed E-state index contributed by atoms with van der Waals surface area (Å²) in [6.07, 6.45) is -3.44. The molecular formula is C16H16F3N3O5. The Kier molecular flexibility index (Phi) is 5.93. The van der Waals surface area contributed by atoms with Gasteiger partial charge in [-0.1, -0.05) is 6.07 Å². The van der Waals surface area contributed by atoms with Gasteiger partial charge < -0.3 is 24.5 Å². The molecule has 2 aromatic rings. The van der Waals surface area contributed by atoms with E-state index < -0.39 is 12.1 Å². The molecule has 8 nitrogen and oxygen atoms in total. The number of alkyl halides is 3. The number of imidazole rings is 1. The molecule has 0 unspecified atom stereocenters. The maximum Gasteiger partial charge on any atom is 0.490 e. The van der Waals surface area contributed by atoms with Crippen LogP contribution in [-0.4, -0.2) is 51.9 Å². The van der Waals surface area contributed by atoms with Gasteiger partial charge in [0.25, 0.3) is 5.91 Å². The van der Waals surface area contributed by atoms with E-state index in [0.717, 1.165) is 22.8 Å². The number of aryl methyl sites for hydroxylation is 1. The number of nitrogens with zero attached hydrogens (tertiary/aromatic N) is 2. The molecule has 27 heavy (non-hydrogen) atoms. The normalized spacial score (nSPS) is 12.2. The number of fused-ring (bicyclic) bond motifs is 1. The number of rotatable bonds is 3. The second-order valence-electron chi connectivity index (χ2n) is 5.57. The number of aromatic amines is 1. The number of carboxylic acid groups (broad SMARTS) is 1. The van der Waals surface area contributed by atoms with Crippen LogP contribution in [0.5, 0.6) is 11.5 Å². The van der Waals surface area contributed by atoms with Gasteiger partial charge in [0.15, 0.2) is 17.3 Å². The molecule has 2 heterocycles. The maximum atomic E-state index is 12.2. The minimum absolute atomic E-state index is 0.143. The van der Waals surface area contributed by atoms with E-state index in [-0.39, 0.29) is 12.7 Å². The Bertz CT molecular complexity index is 835. The van der Waals surface area contributed by atoms with Gasteiger partial charge in [-0.25, -0.2) is 9.78 Å². The van der Waals surface area contributed by atoms with Gasteiger partial charge in [0, 0.05) is 25.5 Å².